The van der Waals surface area contributed by atoms with Gasteiger partial charge in [-0.15, -0.1) is 0 Å². The molecule has 1 aliphatic rings. The van der Waals surface area contributed by atoms with Gasteiger partial charge in [-0.2, -0.15) is 0 Å². The highest BCUT2D eigenvalue weighted by molar-refractivity contribution is 6.10. The van der Waals surface area contributed by atoms with Crippen molar-refractivity contribution in [1.29, 1.82) is 0 Å². The first kappa shape index (κ1) is 14.6. The zero-order chi connectivity index (χ0) is 16.7. The highest BCUT2D eigenvalue weighted by atomic mass is 19.1. The van der Waals surface area contributed by atoms with E-state index < -0.39 is 0 Å². The summed E-state index contributed by atoms with van der Waals surface area (Å²) in [5.41, 5.74) is 2.33. The summed E-state index contributed by atoms with van der Waals surface area (Å²) in [6.45, 7) is 0.495. The van der Waals surface area contributed by atoms with Crippen LogP contribution in [0.3, 0.4) is 0 Å². The fraction of sp³-hybridized carbons (Fsp3) is 0.158. The molecule has 120 valence electrons. The van der Waals surface area contributed by atoms with E-state index in [9.17, 15) is 14.3 Å². The van der Waals surface area contributed by atoms with Crippen molar-refractivity contribution in [2.75, 3.05) is 11.4 Å². The van der Waals surface area contributed by atoms with Crippen molar-refractivity contribution in [3.05, 3.63) is 65.6 Å². The molecule has 4 rings (SSSR count). The minimum Gasteiger partial charge on any atom is -0.507 e. The lowest BCUT2D eigenvalue weighted by Crippen LogP contribution is -2.35. The van der Waals surface area contributed by atoms with Crippen LogP contribution in [0.2, 0.25) is 0 Å². The van der Waals surface area contributed by atoms with Crippen LogP contribution in [0.15, 0.2) is 48.7 Å². The topological polar surface area (TPSA) is 53.4 Å². The Morgan fingerprint density at radius 1 is 1.21 bits per heavy atom. The molecule has 0 aliphatic carbocycles. The molecule has 2 heterocycles. The first-order valence-corrected chi connectivity index (χ1v) is 7.81. The lowest BCUT2D eigenvalue weighted by atomic mass is 10.00. The van der Waals surface area contributed by atoms with Crippen molar-refractivity contribution in [2.45, 2.75) is 12.8 Å². The first-order valence-electron chi connectivity index (χ1n) is 7.81. The number of nitrogens with zero attached hydrogens (tertiary/aromatic N) is 2. The number of aromatic hydroxyl groups is 1. The van der Waals surface area contributed by atoms with Crippen LogP contribution in [-0.2, 0) is 6.42 Å². The van der Waals surface area contributed by atoms with E-state index in [-0.39, 0.29) is 23.0 Å². The Kier molecular flexibility index (Phi) is 3.41. The molecule has 0 atom stereocenters. The molecule has 2 aromatic carbocycles. The molecule has 0 bridgehead atoms. The van der Waals surface area contributed by atoms with Gasteiger partial charge in [0.05, 0.1) is 16.8 Å². The van der Waals surface area contributed by atoms with E-state index in [0.717, 1.165) is 23.8 Å². The van der Waals surface area contributed by atoms with Crippen molar-refractivity contribution in [2.24, 2.45) is 0 Å². The summed E-state index contributed by atoms with van der Waals surface area (Å²) in [5.74, 6) is -0.812. The highest BCUT2D eigenvalue weighted by Crippen LogP contribution is 2.32. The van der Waals surface area contributed by atoms with E-state index in [2.05, 4.69) is 4.98 Å². The lowest BCUT2D eigenvalue weighted by molar-refractivity contribution is 0.0982. The highest BCUT2D eigenvalue weighted by Gasteiger charge is 2.26. The second-order valence-corrected chi connectivity index (χ2v) is 5.90. The van der Waals surface area contributed by atoms with E-state index in [0.29, 0.717) is 17.7 Å². The second-order valence-electron chi connectivity index (χ2n) is 5.90. The maximum atomic E-state index is 13.6. The third-order valence-electron chi connectivity index (χ3n) is 4.36. The molecule has 0 unspecified atom stereocenters. The molecule has 1 N–H and O–H groups in total. The first-order chi connectivity index (χ1) is 11.6. The van der Waals surface area contributed by atoms with Gasteiger partial charge in [0.15, 0.2) is 0 Å². The maximum absolute atomic E-state index is 13.6. The zero-order valence-corrected chi connectivity index (χ0v) is 12.9. The van der Waals surface area contributed by atoms with Crippen molar-refractivity contribution in [3.63, 3.8) is 0 Å². The van der Waals surface area contributed by atoms with Gasteiger partial charge in [-0.25, -0.2) is 4.39 Å². The van der Waals surface area contributed by atoms with Gasteiger partial charge in [0.2, 0.25) is 0 Å². The summed E-state index contributed by atoms with van der Waals surface area (Å²) in [6, 6.07) is 11.2. The van der Waals surface area contributed by atoms with Gasteiger partial charge in [0, 0.05) is 18.1 Å². The number of halogens is 1. The van der Waals surface area contributed by atoms with Crippen LogP contribution in [0.4, 0.5) is 10.1 Å². The maximum Gasteiger partial charge on any atom is 0.262 e. The summed E-state index contributed by atoms with van der Waals surface area (Å²) in [7, 11) is 0. The number of amides is 1. The molecule has 1 aliphatic heterocycles. The average Bonchev–Trinajstić information content (AvgIpc) is 2.60. The predicted octanol–water partition coefficient (Wildman–Crippen LogP) is 3.67. The summed E-state index contributed by atoms with van der Waals surface area (Å²) in [6.07, 6.45) is 3.25. The van der Waals surface area contributed by atoms with Crippen LogP contribution in [0, 0.1) is 5.82 Å². The van der Waals surface area contributed by atoms with Crippen molar-refractivity contribution < 1.29 is 14.3 Å². The quantitative estimate of drug-likeness (QED) is 0.744. The molecule has 5 heteroatoms. The van der Waals surface area contributed by atoms with Crippen LogP contribution in [-0.4, -0.2) is 22.5 Å². The SMILES string of the molecule is O=C(c1cc2ncccc2cc1O)N1CCCc2ccc(F)cc21. The number of pyridine rings is 1. The molecule has 1 amide bonds. The fourth-order valence-electron chi connectivity index (χ4n) is 3.18. The standard InChI is InChI=1S/C19H15FN2O2/c20-14-6-5-12-4-2-8-22(17(12)10-14)19(24)15-11-16-13(9-18(15)23)3-1-7-21-16/h1,3,5-7,9-11,23H,2,4,8H2. The van der Waals surface area contributed by atoms with E-state index in [1.165, 1.54) is 23.1 Å². The summed E-state index contributed by atoms with van der Waals surface area (Å²) >= 11 is 0. The molecule has 0 fully saturated rings. The van der Waals surface area contributed by atoms with Crippen LogP contribution in [0.25, 0.3) is 10.9 Å². The number of phenols is 1. The van der Waals surface area contributed by atoms with Gasteiger partial charge in [-0.3, -0.25) is 9.78 Å². The number of rotatable bonds is 1. The third-order valence-corrected chi connectivity index (χ3v) is 4.36. The van der Waals surface area contributed by atoms with Crippen LogP contribution < -0.4 is 4.90 Å². The largest absolute Gasteiger partial charge is 0.507 e. The molecular weight excluding hydrogens is 307 g/mol. The van der Waals surface area contributed by atoms with E-state index in [4.69, 9.17) is 0 Å². The van der Waals surface area contributed by atoms with Crippen molar-refractivity contribution >= 4 is 22.5 Å². The van der Waals surface area contributed by atoms with Gasteiger partial charge in [-0.05, 0) is 48.7 Å². The van der Waals surface area contributed by atoms with Gasteiger partial charge in [0.25, 0.3) is 5.91 Å². The lowest BCUT2D eigenvalue weighted by Gasteiger charge is -2.29. The number of phenolic OH excluding ortho intramolecular Hbond substituents is 1. The number of anilines is 1. The Morgan fingerprint density at radius 3 is 2.96 bits per heavy atom. The molecule has 3 aromatic rings. The molecule has 0 radical (unpaired) electrons. The Bertz CT molecular complexity index is 955. The van der Waals surface area contributed by atoms with Gasteiger partial charge in [0.1, 0.15) is 11.6 Å². The summed E-state index contributed by atoms with van der Waals surface area (Å²) in [4.78, 5) is 18.7. The molecular formula is C19H15FN2O2. The summed E-state index contributed by atoms with van der Waals surface area (Å²) < 4.78 is 13.6. The minimum atomic E-state index is -0.377. The molecule has 1 aromatic heterocycles. The normalized spacial score (nSPS) is 13.8. The van der Waals surface area contributed by atoms with Gasteiger partial charge < -0.3 is 10.0 Å². The Hall–Kier alpha value is -2.95. The van der Waals surface area contributed by atoms with Crippen LogP contribution in [0.1, 0.15) is 22.3 Å². The number of fused-ring (bicyclic) bond motifs is 2. The molecule has 0 saturated carbocycles. The fourth-order valence-corrected chi connectivity index (χ4v) is 3.18. The van der Waals surface area contributed by atoms with Crippen LogP contribution >= 0.6 is 0 Å². The predicted molar refractivity (Wildman–Crippen MR) is 89.8 cm³/mol. The van der Waals surface area contributed by atoms with Gasteiger partial charge >= 0.3 is 0 Å². The number of benzene rings is 2. The third kappa shape index (κ3) is 2.38. The Morgan fingerprint density at radius 2 is 2.08 bits per heavy atom. The van der Waals surface area contributed by atoms with Gasteiger partial charge in [-0.1, -0.05) is 12.1 Å². The number of hydrogen-bond donors (Lipinski definition) is 1. The average molecular weight is 322 g/mol. The van der Waals surface area contributed by atoms with E-state index in [1.807, 2.05) is 6.07 Å². The van der Waals surface area contributed by atoms with Crippen molar-refractivity contribution in [3.8, 4) is 5.75 Å². The number of hydrogen-bond acceptors (Lipinski definition) is 3. The van der Waals surface area contributed by atoms with E-state index >= 15 is 0 Å². The molecule has 4 nitrogen and oxygen atoms in total. The monoisotopic (exact) mass is 322 g/mol. The number of carbonyl (C=O) groups is 1. The Balaban J connectivity index is 1.80. The number of aryl methyl sites for hydroxylation is 1. The second kappa shape index (κ2) is 5.60. The smallest absolute Gasteiger partial charge is 0.262 e. The van der Waals surface area contributed by atoms with E-state index in [1.54, 1.807) is 24.4 Å². The molecule has 24 heavy (non-hydrogen) atoms. The minimum absolute atomic E-state index is 0.0935. The molecule has 0 saturated heterocycles. The molecule has 0 spiro atoms. The summed E-state index contributed by atoms with van der Waals surface area (Å²) in [5, 5.41) is 11.0. The zero-order valence-electron chi connectivity index (χ0n) is 12.9. The number of aromatic nitrogens is 1. The Labute approximate surface area is 138 Å². The van der Waals surface area contributed by atoms with Crippen LogP contribution in [0.5, 0.6) is 5.75 Å². The number of carbonyl (C=O) groups excluding carboxylic acids is 1. The van der Waals surface area contributed by atoms with Crippen molar-refractivity contribution in [1.82, 2.24) is 4.98 Å².